The van der Waals surface area contributed by atoms with Crippen LogP contribution in [-0.2, 0) is 29.2 Å². The summed E-state index contributed by atoms with van der Waals surface area (Å²) < 4.78 is 48.8. The Hall–Kier alpha value is -3.31. The fourth-order valence-corrected chi connectivity index (χ4v) is 4.11. The van der Waals surface area contributed by atoms with E-state index in [9.17, 15) is 22.6 Å². The first-order valence-corrected chi connectivity index (χ1v) is 11.6. The first kappa shape index (κ1) is 25.3. The number of ether oxygens (including phenoxy) is 3. The lowest BCUT2D eigenvalue weighted by Crippen LogP contribution is -2.27. The van der Waals surface area contributed by atoms with Gasteiger partial charge in [0.2, 0.25) is 0 Å². The zero-order valence-electron chi connectivity index (χ0n) is 17.7. The summed E-state index contributed by atoms with van der Waals surface area (Å²) in [6.45, 7) is 0. The quantitative estimate of drug-likeness (QED) is 0.428. The Balaban J connectivity index is 2.30. The molecule has 178 valence electrons. The van der Waals surface area contributed by atoms with Crippen LogP contribution >= 0.6 is 23.2 Å². The molecule has 1 N–H and O–H groups in total. The summed E-state index contributed by atoms with van der Waals surface area (Å²) in [7, 11) is -2.46. The van der Waals surface area contributed by atoms with E-state index < -0.39 is 27.0 Å². The molecular weight excluding hydrogens is 509 g/mol. The second kappa shape index (κ2) is 10.3. The Bertz CT molecular complexity index is 1330. The SMILES string of the molecule is COC(=O)C1=C(C(=O)OC)N(c2cc(Cl)c(S(=O)(=O)O)cc2Oc2ccc(Cl)cc2)C=CC=C1. The molecule has 1 heterocycles. The fraction of sp³-hybridized carbons (Fsp3) is 0.0909. The number of hydrogen-bond acceptors (Lipinski definition) is 8. The molecule has 34 heavy (non-hydrogen) atoms. The number of hydrogen-bond donors (Lipinski definition) is 1. The van der Waals surface area contributed by atoms with E-state index in [0.29, 0.717) is 5.02 Å². The van der Waals surface area contributed by atoms with Crippen molar-refractivity contribution in [1.82, 2.24) is 0 Å². The zero-order chi connectivity index (χ0) is 25.0. The molecule has 12 heteroatoms. The number of benzene rings is 2. The van der Waals surface area contributed by atoms with Gasteiger partial charge in [-0.3, -0.25) is 4.55 Å². The third kappa shape index (κ3) is 5.42. The molecule has 0 saturated heterocycles. The second-order valence-corrected chi connectivity index (χ2v) is 8.83. The molecule has 0 atom stereocenters. The van der Waals surface area contributed by atoms with Crippen LogP contribution in [0.5, 0.6) is 11.5 Å². The molecule has 0 radical (unpaired) electrons. The van der Waals surface area contributed by atoms with Crippen molar-refractivity contribution in [2.75, 3.05) is 19.1 Å². The van der Waals surface area contributed by atoms with Gasteiger partial charge in [-0.25, -0.2) is 9.59 Å². The molecule has 1 aliphatic rings. The van der Waals surface area contributed by atoms with E-state index in [1.165, 1.54) is 41.5 Å². The summed E-state index contributed by atoms with van der Waals surface area (Å²) >= 11 is 12.1. The topological polar surface area (TPSA) is 119 Å². The Morgan fingerprint density at radius 1 is 0.971 bits per heavy atom. The van der Waals surface area contributed by atoms with Gasteiger partial charge in [-0.15, -0.1) is 0 Å². The van der Waals surface area contributed by atoms with Crippen molar-refractivity contribution < 1.29 is 36.8 Å². The van der Waals surface area contributed by atoms with E-state index in [0.717, 1.165) is 26.4 Å². The van der Waals surface area contributed by atoms with Crippen LogP contribution in [0.15, 0.2) is 77.0 Å². The minimum Gasteiger partial charge on any atom is -0.465 e. The number of halogens is 2. The Morgan fingerprint density at radius 2 is 1.62 bits per heavy atom. The van der Waals surface area contributed by atoms with E-state index in [2.05, 4.69) is 0 Å². The molecule has 0 bridgehead atoms. The first-order chi connectivity index (χ1) is 16.1. The number of allylic oxidation sites excluding steroid dienone is 2. The van der Waals surface area contributed by atoms with Gasteiger partial charge in [-0.1, -0.05) is 29.3 Å². The van der Waals surface area contributed by atoms with Crippen molar-refractivity contribution in [1.29, 1.82) is 0 Å². The standard InChI is InChI=1S/C22H17Cl2NO8S/c1-31-21(26)15-5-3-4-10-25(20(15)22(27)32-2)17-11-16(24)19(34(28,29)30)12-18(17)33-14-8-6-13(23)7-9-14/h3-12H,1-2H3,(H,28,29,30). The highest BCUT2D eigenvalue weighted by Gasteiger charge is 2.31. The highest BCUT2D eigenvalue weighted by atomic mass is 35.5. The molecule has 0 aromatic heterocycles. The minimum absolute atomic E-state index is 0.0501. The third-order valence-corrected chi connectivity index (χ3v) is 6.05. The summed E-state index contributed by atoms with van der Waals surface area (Å²) in [4.78, 5) is 25.7. The molecule has 9 nitrogen and oxygen atoms in total. The predicted molar refractivity (Wildman–Crippen MR) is 125 cm³/mol. The molecule has 0 unspecified atom stereocenters. The molecular formula is C22H17Cl2NO8S. The average Bonchev–Trinajstić information content (AvgIpc) is 3.02. The average molecular weight is 526 g/mol. The largest absolute Gasteiger partial charge is 0.465 e. The van der Waals surface area contributed by atoms with E-state index in [4.69, 9.17) is 37.4 Å². The van der Waals surface area contributed by atoms with Crippen molar-refractivity contribution in [3.63, 3.8) is 0 Å². The number of rotatable bonds is 6. The molecule has 1 aliphatic heterocycles. The predicted octanol–water partition coefficient (Wildman–Crippen LogP) is 4.52. The van der Waals surface area contributed by atoms with Crippen LogP contribution in [0.1, 0.15) is 0 Å². The number of carbonyl (C=O) groups is 2. The third-order valence-electron chi connectivity index (χ3n) is 4.48. The number of nitrogens with zero attached hydrogens (tertiary/aromatic N) is 1. The maximum Gasteiger partial charge on any atom is 0.355 e. The van der Waals surface area contributed by atoms with Crippen molar-refractivity contribution in [2.45, 2.75) is 4.90 Å². The van der Waals surface area contributed by atoms with Crippen LogP contribution in [0.4, 0.5) is 5.69 Å². The maximum atomic E-state index is 12.7. The van der Waals surface area contributed by atoms with Crippen LogP contribution < -0.4 is 9.64 Å². The smallest absolute Gasteiger partial charge is 0.355 e. The van der Waals surface area contributed by atoms with Gasteiger partial charge >= 0.3 is 11.9 Å². The monoisotopic (exact) mass is 525 g/mol. The molecule has 0 amide bonds. The highest BCUT2D eigenvalue weighted by molar-refractivity contribution is 7.86. The summed E-state index contributed by atoms with van der Waals surface area (Å²) in [6.07, 6.45) is 5.76. The Labute approximate surface area is 205 Å². The van der Waals surface area contributed by atoms with Crippen molar-refractivity contribution >= 4 is 50.9 Å². The van der Waals surface area contributed by atoms with E-state index in [-0.39, 0.29) is 33.5 Å². The molecule has 0 saturated carbocycles. The van der Waals surface area contributed by atoms with Crippen LogP contribution in [0.2, 0.25) is 10.0 Å². The summed E-state index contributed by atoms with van der Waals surface area (Å²) in [5.74, 6) is -1.60. The molecule has 3 rings (SSSR count). The van der Waals surface area contributed by atoms with Crippen molar-refractivity contribution in [2.24, 2.45) is 0 Å². The maximum absolute atomic E-state index is 12.7. The molecule has 0 spiro atoms. The number of anilines is 1. The summed E-state index contributed by atoms with van der Waals surface area (Å²) in [5, 5.41) is 0.0675. The summed E-state index contributed by atoms with van der Waals surface area (Å²) in [5.41, 5.74) is -0.350. The highest BCUT2D eigenvalue weighted by Crippen LogP contribution is 2.41. The van der Waals surface area contributed by atoms with Gasteiger partial charge in [-0.05, 0) is 42.5 Å². The molecule has 2 aromatic carbocycles. The molecule has 2 aromatic rings. The minimum atomic E-state index is -4.73. The van der Waals surface area contributed by atoms with Crippen molar-refractivity contribution in [3.8, 4) is 11.5 Å². The van der Waals surface area contributed by atoms with E-state index in [1.54, 1.807) is 12.1 Å². The van der Waals surface area contributed by atoms with Gasteiger partial charge in [0.05, 0.1) is 30.5 Å². The second-order valence-electron chi connectivity index (χ2n) is 6.60. The van der Waals surface area contributed by atoms with Gasteiger partial charge in [0.25, 0.3) is 10.1 Å². The van der Waals surface area contributed by atoms with Gasteiger partial charge in [0, 0.05) is 17.3 Å². The van der Waals surface area contributed by atoms with Crippen LogP contribution in [0.3, 0.4) is 0 Å². The summed E-state index contributed by atoms with van der Waals surface area (Å²) in [6, 6.07) is 8.27. The van der Waals surface area contributed by atoms with Gasteiger partial charge in [0.1, 0.15) is 16.3 Å². The molecule has 0 aliphatic carbocycles. The molecule has 0 fully saturated rings. The Morgan fingerprint density at radius 3 is 2.21 bits per heavy atom. The lowest BCUT2D eigenvalue weighted by atomic mass is 10.1. The number of carbonyl (C=O) groups excluding carboxylic acids is 2. The lowest BCUT2D eigenvalue weighted by Gasteiger charge is -2.26. The zero-order valence-corrected chi connectivity index (χ0v) is 20.0. The van der Waals surface area contributed by atoms with E-state index in [1.807, 2.05) is 0 Å². The van der Waals surface area contributed by atoms with Crippen molar-refractivity contribution in [3.05, 3.63) is 82.1 Å². The van der Waals surface area contributed by atoms with Crippen LogP contribution in [0.25, 0.3) is 0 Å². The van der Waals surface area contributed by atoms with E-state index >= 15 is 0 Å². The lowest BCUT2D eigenvalue weighted by molar-refractivity contribution is -0.139. The Kier molecular flexibility index (Phi) is 7.68. The normalized spacial score (nSPS) is 13.5. The van der Waals surface area contributed by atoms with Crippen LogP contribution in [0, 0.1) is 0 Å². The van der Waals surface area contributed by atoms with Gasteiger partial charge in [0.15, 0.2) is 5.75 Å². The first-order valence-electron chi connectivity index (χ1n) is 9.36. The van der Waals surface area contributed by atoms with Gasteiger partial charge in [-0.2, -0.15) is 8.42 Å². The number of esters is 2. The van der Waals surface area contributed by atoms with Crippen LogP contribution in [-0.4, -0.2) is 39.1 Å². The fourth-order valence-electron chi connectivity index (χ4n) is 2.97. The number of methoxy groups -OCH3 is 2. The van der Waals surface area contributed by atoms with Gasteiger partial charge < -0.3 is 19.1 Å².